The lowest BCUT2D eigenvalue weighted by Gasteiger charge is -2.41. The molecule has 1 unspecified atom stereocenters. The van der Waals surface area contributed by atoms with E-state index < -0.39 is 15.9 Å². The van der Waals surface area contributed by atoms with Crippen LogP contribution in [0.1, 0.15) is 36.3 Å². The van der Waals surface area contributed by atoms with E-state index in [0.29, 0.717) is 68.8 Å². The van der Waals surface area contributed by atoms with Gasteiger partial charge in [-0.3, -0.25) is 9.69 Å². The first kappa shape index (κ1) is 27.2. The molecular weight excluding hydrogens is 585 g/mol. The molecular formula is C29H23Cl2N5O4S. The normalized spacial score (nSPS) is 16.9. The van der Waals surface area contributed by atoms with E-state index in [1.54, 1.807) is 42.5 Å². The number of nitrogens with zero attached hydrogens (tertiary/aromatic N) is 3. The van der Waals surface area contributed by atoms with Gasteiger partial charge in [0, 0.05) is 50.5 Å². The van der Waals surface area contributed by atoms with Crippen molar-refractivity contribution in [2.45, 2.75) is 30.1 Å². The van der Waals surface area contributed by atoms with Crippen molar-refractivity contribution in [2.24, 2.45) is 5.14 Å². The smallest absolute Gasteiger partial charge is 0.238 e. The van der Waals surface area contributed by atoms with Crippen LogP contribution in [0, 0.1) is 0 Å². The molecule has 1 aliphatic carbocycles. The highest BCUT2D eigenvalue weighted by Gasteiger charge is 2.42. The number of aromatic hydroxyl groups is 1. The number of rotatable bonds is 4. The van der Waals surface area contributed by atoms with Crippen LogP contribution >= 0.6 is 23.2 Å². The molecule has 4 aromatic rings. The maximum atomic E-state index is 13.6. The molecule has 208 valence electrons. The second kappa shape index (κ2) is 10.1. The Bertz CT molecular complexity index is 1880. The van der Waals surface area contributed by atoms with E-state index in [4.69, 9.17) is 39.1 Å². The monoisotopic (exact) mass is 607 g/mol. The Kier molecular flexibility index (Phi) is 6.74. The number of fused-ring (bicyclic) bond motifs is 1. The van der Waals surface area contributed by atoms with Gasteiger partial charge in [0.25, 0.3) is 0 Å². The molecule has 0 spiro atoms. The number of nitrogens with two attached hydrogens (primary N) is 2. The predicted molar refractivity (Wildman–Crippen MR) is 158 cm³/mol. The molecule has 1 aromatic heterocycles. The number of ketones is 1. The van der Waals surface area contributed by atoms with E-state index in [1.807, 2.05) is 4.90 Å². The molecule has 2 heterocycles. The number of halogens is 2. The first-order valence-corrected chi connectivity index (χ1v) is 14.9. The third-order valence-electron chi connectivity index (χ3n) is 7.24. The fourth-order valence-electron chi connectivity index (χ4n) is 5.48. The van der Waals surface area contributed by atoms with Crippen LogP contribution in [0.15, 0.2) is 82.9 Å². The number of allylic oxidation sites excluding steroid dienone is 2. The molecule has 0 fully saturated rings. The molecule has 41 heavy (non-hydrogen) atoms. The van der Waals surface area contributed by atoms with Crippen LogP contribution in [-0.4, -0.2) is 29.3 Å². The summed E-state index contributed by atoms with van der Waals surface area (Å²) < 4.78 is 23.9. The van der Waals surface area contributed by atoms with Gasteiger partial charge in [0.2, 0.25) is 10.0 Å². The minimum absolute atomic E-state index is 0.0338. The zero-order valence-electron chi connectivity index (χ0n) is 21.4. The van der Waals surface area contributed by atoms with Crippen molar-refractivity contribution in [1.29, 1.82) is 0 Å². The Hall–Kier alpha value is -3.96. The number of benzene rings is 3. The molecule has 1 atom stereocenters. The van der Waals surface area contributed by atoms with Crippen LogP contribution < -0.4 is 15.8 Å². The number of primary sulfonamides is 1. The van der Waals surface area contributed by atoms with Gasteiger partial charge >= 0.3 is 0 Å². The fourth-order valence-corrected chi connectivity index (χ4v) is 6.52. The zero-order valence-corrected chi connectivity index (χ0v) is 23.7. The summed E-state index contributed by atoms with van der Waals surface area (Å²) in [7, 11) is -3.93. The van der Waals surface area contributed by atoms with Gasteiger partial charge in [-0.1, -0.05) is 41.4 Å². The lowest BCUT2D eigenvalue weighted by Crippen LogP contribution is -2.34. The van der Waals surface area contributed by atoms with Crippen LogP contribution in [-0.2, 0) is 14.8 Å². The van der Waals surface area contributed by atoms with Crippen molar-refractivity contribution in [3.63, 3.8) is 0 Å². The summed E-state index contributed by atoms with van der Waals surface area (Å²) in [5.74, 6) is 0.0948. The van der Waals surface area contributed by atoms with Gasteiger partial charge in [-0.2, -0.15) is 0 Å². The Balaban J connectivity index is 1.67. The minimum Gasteiger partial charge on any atom is -0.508 e. The van der Waals surface area contributed by atoms with Gasteiger partial charge in [-0.05, 0) is 66.9 Å². The molecule has 1 aliphatic heterocycles. The van der Waals surface area contributed by atoms with Crippen LogP contribution in [0.4, 0.5) is 17.3 Å². The van der Waals surface area contributed by atoms with Gasteiger partial charge < -0.3 is 10.8 Å². The molecule has 0 saturated carbocycles. The van der Waals surface area contributed by atoms with E-state index in [9.17, 15) is 18.3 Å². The topological polar surface area (TPSA) is 152 Å². The Morgan fingerprint density at radius 3 is 2.41 bits per heavy atom. The highest BCUT2D eigenvalue weighted by Crippen LogP contribution is 2.53. The lowest BCUT2D eigenvalue weighted by molar-refractivity contribution is -0.116. The molecule has 5 N–H and O–H groups in total. The number of sulfonamides is 1. The number of nitrogen functional groups attached to an aromatic ring is 1. The molecule has 12 heteroatoms. The number of Topliss-reactive ketones (excluding diaryl/α,β-unsaturated/α-hetero) is 1. The molecule has 0 radical (unpaired) electrons. The van der Waals surface area contributed by atoms with Crippen molar-refractivity contribution < 1.29 is 18.3 Å². The number of hydrogen-bond acceptors (Lipinski definition) is 8. The van der Waals surface area contributed by atoms with E-state index in [0.717, 1.165) is 0 Å². The molecule has 9 nitrogen and oxygen atoms in total. The van der Waals surface area contributed by atoms with Gasteiger partial charge in [-0.15, -0.1) is 0 Å². The van der Waals surface area contributed by atoms with Crippen molar-refractivity contribution in [3.8, 4) is 17.1 Å². The maximum absolute atomic E-state index is 13.6. The standard InChI is InChI=1S/C29H23Cl2N5O4S/c30-16-7-12-20(21(31)14-16)24-25-22(5-2-6-23(25)38)36(17-8-10-19(11-9-17)41(33,39)40)29-26(24)27(32)34-28(35-29)15-3-1-4-18(37)13-15/h1,3-4,7-14,24,37H,2,5-6H2,(H2,32,34,35)(H2,33,39,40). The van der Waals surface area contributed by atoms with Gasteiger partial charge in [0.1, 0.15) is 17.4 Å². The Morgan fingerprint density at radius 1 is 0.976 bits per heavy atom. The summed E-state index contributed by atoms with van der Waals surface area (Å²) >= 11 is 12.9. The van der Waals surface area contributed by atoms with Crippen LogP contribution in [0.3, 0.4) is 0 Å². The summed E-state index contributed by atoms with van der Waals surface area (Å²) in [5, 5.41) is 16.2. The number of phenolic OH excluding ortho intramolecular Hbond substituents is 1. The molecule has 0 bridgehead atoms. The van der Waals surface area contributed by atoms with Crippen molar-refractivity contribution in [3.05, 3.63) is 99.2 Å². The third-order valence-corrected chi connectivity index (χ3v) is 8.74. The lowest BCUT2D eigenvalue weighted by atomic mass is 9.75. The summed E-state index contributed by atoms with van der Waals surface area (Å²) in [6.45, 7) is 0. The summed E-state index contributed by atoms with van der Waals surface area (Å²) in [4.78, 5) is 24.9. The van der Waals surface area contributed by atoms with E-state index in [-0.39, 0.29) is 28.1 Å². The average Bonchev–Trinajstić information content (AvgIpc) is 2.92. The quantitative estimate of drug-likeness (QED) is 0.268. The van der Waals surface area contributed by atoms with Crippen molar-refractivity contribution >= 4 is 56.3 Å². The molecule has 0 saturated heterocycles. The third kappa shape index (κ3) is 4.82. The summed E-state index contributed by atoms with van der Waals surface area (Å²) in [6.07, 6.45) is 1.50. The van der Waals surface area contributed by atoms with E-state index in [1.165, 1.54) is 24.3 Å². The van der Waals surface area contributed by atoms with Crippen LogP contribution in [0.5, 0.6) is 5.75 Å². The molecule has 3 aromatic carbocycles. The van der Waals surface area contributed by atoms with Gasteiger partial charge in [0.05, 0.1) is 4.90 Å². The summed E-state index contributed by atoms with van der Waals surface area (Å²) in [5.41, 5.74) is 10.1. The minimum atomic E-state index is -3.93. The highest BCUT2D eigenvalue weighted by atomic mass is 35.5. The van der Waals surface area contributed by atoms with E-state index >= 15 is 0 Å². The largest absolute Gasteiger partial charge is 0.508 e. The van der Waals surface area contributed by atoms with Crippen LogP contribution in [0.25, 0.3) is 11.4 Å². The van der Waals surface area contributed by atoms with Crippen LogP contribution in [0.2, 0.25) is 10.0 Å². The first-order chi connectivity index (χ1) is 19.5. The van der Waals surface area contributed by atoms with E-state index in [2.05, 4.69) is 4.98 Å². The molecule has 0 amide bonds. The fraction of sp³-hybridized carbons (Fsp3) is 0.138. The second-order valence-corrected chi connectivity index (χ2v) is 12.2. The van der Waals surface area contributed by atoms with Crippen molar-refractivity contribution in [2.75, 3.05) is 10.6 Å². The Morgan fingerprint density at radius 2 is 1.73 bits per heavy atom. The molecule has 6 rings (SSSR count). The Labute approximate surface area is 246 Å². The predicted octanol–water partition coefficient (Wildman–Crippen LogP) is 5.68. The summed E-state index contributed by atoms with van der Waals surface area (Å²) in [6, 6.07) is 17.6. The SMILES string of the molecule is Nc1nc(-c2cccc(O)c2)nc2c1C(c1ccc(Cl)cc1Cl)C1=C(CCCC1=O)N2c1ccc(S(N)(=O)=O)cc1. The van der Waals surface area contributed by atoms with Crippen molar-refractivity contribution in [1.82, 2.24) is 9.97 Å². The number of aromatic nitrogens is 2. The highest BCUT2D eigenvalue weighted by molar-refractivity contribution is 7.89. The van der Waals surface area contributed by atoms with Gasteiger partial charge in [0.15, 0.2) is 11.6 Å². The number of carbonyl (C=O) groups excluding carboxylic acids is 1. The second-order valence-electron chi connectivity index (χ2n) is 9.83. The first-order valence-electron chi connectivity index (χ1n) is 12.6. The number of hydrogen-bond donors (Lipinski definition) is 3. The number of carbonyl (C=O) groups is 1. The molecule has 2 aliphatic rings. The number of anilines is 3. The zero-order chi connectivity index (χ0) is 29.1. The average molecular weight is 609 g/mol. The van der Waals surface area contributed by atoms with Gasteiger partial charge in [-0.25, -0.2) is 23.5 Å². The number of phenols is 1. The maximum Gasteiger partial charge on any atom is 0.238 e.